The van der Waals surface area contributed by atoms with Crippen LogP contribution in [0.15, 0.2) is 73.2 Å². The molecule has 11 heteroatoms. The number of carbonyl (C=O) groups is 2. The van der Waals surface area contributed by atoms with Crippen LogP contribution < -0.4 is 21.1 Å². The maximum atomic E-state index is 13.3. The fourth-order valence-corrected chi connectivity index (χ4v) is 5.28. The van der Waals surface area contributed by atoms with E-state index in [1.807, 2.05) is 35.0 Å². The smallest absolute Gasteiger partial charge is 0.255 e. The van der Waals surface area contributed by atoms with Crippen LogP contribution in [0.2, 0.25) is 15.1 Å². The van der Waals surface area contributed by atoms with Crippen molar-refractivity contribution in [3.8, 4) is 5.75 Å². The number of halogens is 3. The van der Waals surface area contributed by atoms with Crippen LogP contribution in [0.4, 0.5) is 0 Å². The van der Waals surface area contributed by atoms with Crippen molar-refractivity contribution in [2.75, 3.05) is 6.61 Å². The molecule has 8 nitrogen and oxygen atoms in total. The molecule has 1 aromatic heterocycles. The summed E-state index contributed by atoms with van der Waals surface area (Å²) in [5.74, 6) is -0.566. The third kappa shape index (κ3) is 7.02. The summed E-state index contributed by atoms with van der Waals surface area (Å²) in [4.78, 5) is 29.8. The van der Waals surface area contributed by atoms with Gasteiger partial charge in [0.15, 0.2) is 0 Å². The highest BCUT2D eigenvalue weighted by Crippen LogP contribution is 2.35. The van der Waals surface area contributed by atoms with E-state index >= 15 is 0 Å². The Labute approximate surface area is 252 Å². The lowest BCUT2D eigenvalue weighted by atomic mass is 9.96. The van der Waals surface area contributed by atoms with E-state index in [2.05, 4.69) is 15.6 Å². The molecular weight excluding hydrogens is 585 g/mol. The fourth-order valence-electron chi connectivity index (χ4n) is 4.83. The largest absolute Gasteiger partial charge is 0.492 e. The first-order valence-electron chi connectivity index (χ1n) is 13.0. The number of carbonyl (C=O) groups excluding carboxylic acids is 2. The van der Waals surface area contributed by atoms with Gasteiger partial charge in [-0.25, -0.2) is 4.98 Å². The molecule has 41 heavy (non-hydrogen) atoms. The molecule has 0 bridgehead atoms. The van der Waals surface area contributed by atoms with Crippen LogP contribution in [0.25, 0.3) is 0 Å². The molecule has 0 saturated heterocycles. The Morgan fingerprint density at radius 1 is 1.05 bits per heavy atom. The van der Waals surface area contributed by atoms with E-state index in [1.54, 1.807) is 42.7 Å². The number of benzene rings is 3. The third-order valence-corrected chi connectivity index (χ3v) is 7.98. The second-order valence-corrected chi connectivity index (χ2v) is 11.1. The second-order valence-electron chi connectivity index (χ2n) is 9.81. The predicted octanol–water partition coefficient (Wildman–Crippen LogP) is 5.33. The Bertz CT molecular complexity index is 1560. The van der Waals surface area contributed by atoms with Crippen molar-refractivity contribution in [1.82, 2.24) is 20.2 Å². The molecule has 0 fully saturated rings. The standard InChI is InChI=1S/C30H28Cl3N5O3/c31-20-7-4-18(5-8-20)13-27(29(34)39)37-30(40)23-3-1-2-22-26(10-11-41-28(22)23)36-15-21-14-35-17-38(21)16-19-6-9-24(32)25(33)12-19/h1-9,12,14,17,26-27,36H,10-11,13,15-16H2,(H2,34,39)(H,37,40). The predicted molar refractivity (Wildman–Crippen MR) is 160 cm³/mol. The van der Waals surface area contributed by atoms with Crippen LogP contribution in [0.1, 0.15) is 45.2 Å². The molecule has 3 aromatic carbocycles. The van der Waals surface area contributed by atoms with Gasteiger partial charge in [0.2, 0.25) is 5.91 Å². The Morgan fingerprint density at radius 3 is 2.59 bits per heavy atom. The second kappa shape index (κ2) is 13.0. The highest BCUT2D eigenvalue weighted by molar-refractivity contribution is 6.42. The summed E-state index contributed by atoms with van der Waals surface area (Å²) in [5.41, 5.74) is 9.66. The number of fused-ring (bicyclic) bond motifs is 1. The number of ether oxygens (including phenoxy) is 1. The molecule has 2 amide bonds. The number of aromatic nitrogens is 2. The molecule has 0 spiro atoms. The Balaban J connectivity index is 1.28. The monoisotopic (exact) mass is 611 g/mol. The number of para-hydroxylation sites is 1. The lowest BCUT2D eigenvalue weighted by Crippen LogP contribution is -2.46. The Hall–Kier alpha value is -3.56. The van der Waals surface area contributed by atoms with Crippen LogP contribution in [-0.2, 0) is 24.3 Å². The van der Waals surface area contributed by atoms with Gasteiger partial charge in [0, 0.05) is 48.8 Å². The lowest BCUT2D eigenvalue weighted by Gasteiger charge is -2.28. The molecule has 0 aliphatic carbocycles. The molecule has 1 aliphatic rings. The summed E-state index contributed by atoms with van der Waals surface area (Å²) in [6.07, 6.45) is 4.56. The fraction of sp³-hybridized carbons (Fsp3) is 0.233. The third-order valence-electron chi connectivity index (χ3n) is 6.99. The van der Waals surface area contributed by atoms with E-state index in [4.69, 9.17) is 45.3 Å². The number of hydrogen-bond acceptors (Lipinski definition) is 5. The Morgan fingerprint density at radius 2 is 1.83 bits per heavy atom. The quantitative estimate of drug-likeness (QED) is 0.224. The average Bonchev–Trinajstić information content (AvgIpc) is 3.40. The number of nitrogens with zero attached hydrogens (tertiary/aromatic N) is 2. The normalized spacial score (nSPS) is 15.0. The molecule has 2 heterocycles. The van der Waals surface area contributed by atoms with Gasteiger partial charge in [0.05, 0.1) is 34.2 Å². The van der Waals surface area contributed by atoms with Crippen LogP contribution in [0, 0.1) is 0 Å². The van der Waals surface area contributed by atoms with Gasteiger partial charge >= 0.3 is 0 Å². The Kier molecular flexibility index (Phi) is 9.15. The number of nitrogens with one attached hydrogen (secondary N) is 2. The molecule has 4 N–H and O–H groups in total. The van der Waals surface area contributed by atoms with E-state index in [-0.39, 0.29) is 12.5 Å². The van der Waals surface area contributed by atoms with Gasteiger partial charge in [-0.3, -0.25) is 9.59 Å². The van der Waals surface area contributed by atoms with Gasteiger partial charge in [-0.2, -0.15) is 0 Å². The molecule has 5 rings (SSSR count). The van der Waals surface area contributed by atoms with Crippen molar-refractivity contribution in [2.24, 2.45) is 5.73 Å². The topological polar surface area (TPSA) is 111 Å². The zero-order chi connectivity index (χ0) is 28.9. The highest BCUT2D eigenvalue weighted by atomic mass is 35.5. The van der Waals surface area contributed by atoms with Crippen molar-refractivity contribution < 1.29 is 14.3 Å². The van der Waals surface area contributed by atoms with E-state index in [1.165, 1.54) is 0 Å². The summed E-state index contributed by atoms with van der Waals surface area (Å²) in [7, 11) is 0. The first-order chi connectivity index (χ1) is 19.8. The first kappa shape index (κ1) is 29.0. The number of nitrogens with two attached hydrogens (primary N) is 1. The highest BCUT2D eigenvalue weighted by Gasteiger charge is 2.28. The first-order valence-corrected chi connectivity index (χ1v) is 14.2. The zero-order valence-electron chi connectivity index (χ0n) is 21.9. The summed E-state index contributed by atoms with van der Waals surface area (Å²) < 4.78 is 8.01. The molecule has 2 unspecified atom stereocenters. The SMILES string of the molecule is NC(=O)C(Cc1ccc(Cl)cc1)NC(=O)c1cccc2c1OCCC2NCc1cncn1Cc1ccc(Cl)c(Cl)c1. The lowest BCUT2D eigenvalue weighted by molar-refractivity contribution is -0.119. The minimum absolute atomic E-state index is 0.0548. The minimum atomic E-state index is -0.896. The summed E-state index contributed by atoms with van der Waals surface area (Å²) in [5, 5.41) is 7.97. The van der Waals surface area contributed by atoms with Crippen molar-refractivity contribution in [2.45, 2.75) is 38.0 Å². The molecule has 0 radical (unpaired) electrons. The van der Waals surface area contributed by atoms with Gasteiger partial charge in [-0.1, -0.05) is 65.1 Å². The van der Waals surface area contributed by atoms with Crippen molar-refractivity contribution in [3.05, 3.63) is 116 Å². The van der Waals surface area contributed by atoms with Crippen molar-refractivity contribution in [1.29, 1.82) is 0 Å². The average molecular weight is 613 g/mol. The number of hydrogen-bond donors (Lipinski definition) is 3. The van der Waals surface area contributed by atoms with Gasteiger partial charge in [-0.15, -0.1) is 0 Å². The van der Waals surface area contributed by atoms with E-state index in [0.717, 1.165) is 28.8 Å². The van der Waals surface area contributed by atoms with Crippen LogP contribution in [0.5, 0.6) is 5.75 Å². The van der Waals surface area contributed by atoms with E-state index in [0.29, 0.717) is 46.1 Å². The van der Waals surface area contributed by atoms with Gasteiger partial charge in [0.1, 0.15) is 11.8 Å². The van der Waals surface area contributed by atoms with Crippen LogP contribution in [-0.4, -0.2) is 34.0 Å². The maximum absolute atomic E-state index is 13.3. The molecular formula is C30H28Cl3N5O3. The van der Waals surface area contributed by atoms with Gasteiger partial charge < -0.3 is 25.7 Å². The van der Waals surface area contributed by atoms with Crippen molar-refractivity contribution >= 4 is 46.6 Å². The zero-order valence-corrected chi connectivity index (χ0v) is 24.2. The van der Waals surface area contributed by atoms with Crippen LogP contribution >= 0.6 is 34.8 Å². The van der Waals surface area contributed by atoms with Crippen molar-refractivity contribution in [3.63, 3.8) is 0 Å². The van der Waals surface area contributed by atoms with E-state index < -0.39 is 17.9 Å². The minimum Gasteiger partial charge on any atom is -0.492 e. The summed E-state index contributed by atoms with van der Waals surface area (Å²) in [6, 6.07) is 17.1. The number of rotatable bonds is 10. The van der Waals surface area contributed by atoms with Crippen LogP contribution in [0.3, 0.4) is 0 Å². The number of imidazole rings is 1. The van der Waals surface area contributed by atoms with E-state index in [9.17, 15) is 9.59 Å². The number of amides is 2. The maximum Gasteiger partial charge on any atom is 0.255 e. The summed E-state index contributed by atoms with van der Waals surface area (Å²) in [6.45, 7) is 1.58. The molecule has 2 atom stereocenters. The molecule has 1 aliphatic heterocycles. The number of primary amides is 1. The summed E-state index contributed by atoms with van der Waals surface area (Å²) >= 11 is 18.2. The van der Waals surface area contributed by atoms with Gasteiger partial charge in [0.25, 0.3) is 5.91 Å². The molecule has 0 saturated carbocycles. The van der Waals surface area contributed by atoms with Gasteiger partial charge in [-0.05, 0) is 41.5 Å². The molecule has 212 valence electrons. The molecule has 4 aromatic rings.